The highest BCUT2D eigenvalue weighted by Crippen LogP contribution is 2.45. The molecule has 2 fully saturated rings. The van der Waals surface area contributed by atoms with E-state index in [1.165, 1.54) is 23.1 Å². The van der Waals surface area contributed by atoms with E-state index in [2.05, 4.69) is 27.3 Å². The number of hydrogen-bond acceptors (Lipinski definition) is 9. The summed E-state index contributed by atoms with van der Waals surface area (Å²) in [5, 5.41) is 8.26. The number of rotatable bonds is 13. The van der Waals surface area contributed by atoms with Gasteiger partial charge in [-0.05, 0) is 57.4 Å². The Hall–Kier alpha value is -4.59. The van der Waals surface area contributed by atoms with E-state index in [0.717, 1.165) is 0 Å². The number of carbonyl (C=O) groups is 4. The summed E-state index contributed by atoms with van der Waals surface area (Å²) in [4.78, 5) is 55.5. The molecule has 0 spiro atoms. The summed E-state index contributed by atoms with van der Waals surface area (Å²) in [6.07, 6.45) is 0.452. The second-order valence-corrected chi connectivity index (χ2v) is 15.3. The highest BCUT2D eigenvalue weighted by Gasteiger charge is 2.61. The van der Waals surface area contributed by atoms with Gasteiger partial charge < -0.3 is 30.3 Å². The van der Waals surface area contributed by atoms with Crippen molar-refractivity contribution in [2.75, 3.05) is 18.9 Å². The van der Waals surface area contributed by atoms with Gasteiger partial charge in [0.05, 0.1) is 18.2 Å². The summed E-state index contributed by atoms with van der Waals surface area (Å²) < 4.78 is 40.3. The molecular weight excluding hydrogens is 650 g/mol. The van der Waals surface area contributed by atoms with Crippen LogP contribution in [0.4, 0.5) is 10.5 Å². The van der Waals surface area contributed by atoms with Gasteiger partial charge in [0, 0.05) is 25.9 Å². The van der Waals surface area contributed by atoms with Crippen molar-refractivity contribution in [3.63, 3.8) is 0 Å². The van der Waals surface area contributed by atoms with Crippen LogP contribution < -0.4 is 25.4 Å². The lowest BCUT2D eigenvalue weighted by Gasteiger charge is -2.33. The molecule has 2 aromatic carbocycles. The first-order valence-corrected chi connectivity index (χ1v) is 17.8. The second kappa shape index (κ2) is 14.9. The Morgan fingerprint density at radius 3 is 2.31 bits per heavy atom. The fourth-order valence-corrected chi connectivity index (χ4v) is 7.23. The lowest BCUT2D eigenvalue weighted by Crippen LogP contribution is -2.56. The van der Waals surface area contributed by atoms with E-state index in [-0.39, 0.29) is 30.2 Å². The number of para-hydroxylation sites is 2. The number of ether oxygens (including phenoxy) is 2. The zero-order valence-corrected chi connectivity index (χ0v) is 29.6. The molecule has 1 heterocycles. The van der Waals surface area contributed by atoms with E-state index in [1.54, 1.807) is 65.9 Å². The van der Waals surface area contributed by atoms with Gasteiger partial charge in [0.15, 0.2) is 0 Å². The van der Waals surface area contributed by atoms with Crippen LogP contribution in [0.1, 0.15) is 53.9 Å². The van der Waals surface area contributed by atoms with Crippen molar-refractivity contribution in [3.05, 3.63) is 67.3 Å². The van der Waals surface area contributed by atoms with Crippen LogP contribution in [0.5, 0.6) is 5.75 Å². The van der Waals surface area contributed by atoms with E-state index in [0.29, 0.717) is 17.9 Å². The first kappa shape index (κ1) is 37.2. The van der Waals surface area contributed by atoms with Crippen LogP contribution in [-0.4, -0.2) is 80.1 Å². The third-order valence-corrected chi connectivity index (χ3v) is 9.93. The van der Waals surface area contributed by atoms with Crippen LogP contribution in [0.15, 0.2) is 72.1 Å². The summed E-state index contributed by atoms with van der Waals surface area (Å²) in [6, 6.07) is 13.4. The standard InChI is InChI=1S/C35H47N5O8S/c1-8-23-21-35(23,32(43)39-49(45,46)28-17-13-12-16-25(28)36-7)38-29(41)20-26-27(47-24-14-10-9-11-15-24)18-19-40(26)31(42)30(22(2)3)37-33(44)48-34(4,5)6/h8-17,22-23,26-27,30,36H,1,18-21H2,2-7H3,(H,37,44)(H,38,41)(H,39,43)/t23-,26?,27?,30+,35-/m1/s1. The molecule has 1 aliphatic carbocycles. The Morgan fingerprint density at radius 2 is 1.71 bits per heavy atom. The number of anilines is 1. The number of alkyl carbamates (subject to hydrolysis) is 1. The average Bonchev–Trinajstić information content (AvgIpc) is 3.62. The molecule has 2 aliphatic rings. The van der Waals surface area contributed by atoms with Crippen LogP contribution in [0.3, 0.4) is 0 Å². The van der Waals surface area contributed by atoms with Crippen LogP contribution in [0.2, 0.25) is 0 Å². The fraction of sp³-hybridized carbons (Fsp3) is 0.486. The van der Waals surface area contributed by atoms with Gasteiger partial charge in [-0.2, -0.15) is 0 Å². The molecule has 1 saturated carbocycles. The number of carbonyl (C=O) groups excluding carboxylic acids is 4. The van der Waals surface area contributed by atoms with Gasteiger partial charge in [-0.25, -0.2) is 17.9 Å². The van der Waals surface area contributed by atoms with Crippen LogP contribution in [0.25, 0.3) is 0 Å². The monoisotopic (exact) mass is 697 g/mol. The van der Waals surface area contributed by atoms with Crippen molar-refractivity contribution in [2.45, 2.75) is 88.1 Å². The largest absolute Gasteiger partial charge is 0.488 e. The van der Waals surface area contributed by atoms with E-state index in [9.17, 15) is 27.6 Å². The zero-order valence-electron chi connectivity index (χ0n) is 28.8. The summed E-state index contributed by atoms with van der Waals surface area (Å²) >= 11 is 0. The van der Waals surface area contributed by atoms with Crippen molar-refractivity contribution in [2.24, 2.45) is 11.8 Å². The second-order valence-electron chi connectivity index (χ2n) is 13.7. The van der Waals surface area contributed by atoms with Crippen LogP contribution in [-0.2, 0) is 29.1 Å². The molecule has 4 rings (SSSR count). The average molecular weight is 698 g/mol. The Kier molecular flexibility index (Phi) is 11.3. The Labute approximate surface area is 288 Å². The van der Waals surface area contributed by atoms with E-state index in [1.807, 2.05) is 18.2 Å². The van der Waals surface area contributed by atoms with Gasteiger partial charge in [-0.15, -0.1) is 6.58 Å². The number of nitrogens with one attached hydrogen (secondary N) is 4. The van der Waals surface area contributed by atoms with Crippen molar-refractivity contribution < 1.29 is 37.1 Å². The van der Waals surface area contributed by atoms with Gasteiger partial charge in [-0.3, -0.25) is 14.4 Å². The number of likely N-dealkylation sites (tertiary alicyclic amines) is 1. The van der Waals surface area contributed by atoms with Gasteiger partial charge in [-0.1, -0.05) is 50.3 Å². The van der Waals surface area contributed by atoms with Gasteiger partial charge in [0.2, 0.25) is 11.8 Å². The topological polar surface area (TPSA) is 172 Å². The molecule has 0 bridgehead atoms. The summed E-state index contributed by atoms with van der Waals surface area (Å²) in [7, 11) is -2.74. The molecule has 2 aromatic rings. The number of sulfonamides is 1. The van der Waals surface area contributed by atoms with E-state index >= 15 is 0 Å². The van der Waals surface area contributed by atoms with Crippen molar-refractivity contribution in [1.82, 2.24) is 20.3 Å². The lowest BCUT2D eigenvalue weighted by atomic mass is 10.0. The SMILES string of the molecule is C=C[C@@H]1C[C@]1(NC(=O)CC1C(Oc2ccccc2)CCN1C(=O)[C@@H](NC(=O)OC(C)(C)C)C(C)C)C(=O)NS(=O)(=O)c1ccccc1NC. The van der Waals surface area contributed by atoms with Gasteiger partial charge in [0.1, 0.15) is 33.9 Å². The molecule has 2 unspecified atom stereocenters. The number of benzene rings is 2. The van der Waals surface area contributed by atoms with Crippen LogP contribution in [0, 0.1) is 11.8 Å². The molecule has 4 N–H and O–H groups in total. The Morgan fingerprint density at radius 1 is 1.06 bits per heavy atom. The fourth-order valence-electron chi connectivity index (χ4n) is 5.98. The first-order valence-electron chi connectivity index (χ1n) is 16.3. The molecular formula is C35H47N5O8S. The summed E-state index contributed by atoms with van der Waals surface area (Å²) in [5.74, 6) is -2.17. The quantitative estimate of drug-likeness (QED) is 0.228. The third-order valence-electron chi connectivity index (χ3n) is 8.54. The van der Waals surface area contributed by atoms with E-state index < -0.39 is 69.1 Å². The number of hydrogen-bond donors (Lipinski definition) is 4. The highest BCUT2D eigenvalue weighted by molar-refractivity contribution is 7.90. The first-order chi connectivity index (χ1) is 23.0. The third kappa shape index (κ3) is 8.91. The number of amides is 4. The number of nitrogens with zero attached hydrogens (tertiary/aromatic N) is 1. The van der Waals surface area contributed by atoms with Gasteiger partial charge >= 0.3 is 6.09 Å². The smallest absolute Gasteiger partial charge is 0.408 e. The summed E-state index contributed by atoms with van der Waals surface area (Å²) in [6.45, 7) is 12.8. The molecule has 14 heteroatoms. The Balaban J connectivity index is 1.56. The lowest BCUT2D eigenvalue weighted by molar-refractivity contribution is -0.138. The van der Waals surface area contributed by atoms with Crippen molar-refractivity contribution in [1.29, 1.82) is 0 Å². The summed E-state index contributed by atoms with van der Waals surface area (Å²) in [5.41, 5.74) is -2.03. The minimum absolute atomic E-state index is 0.121. The minimum atomic E-state index is -4.30. The molecule has 1 saturated heterocycles. The van der Waals surface area contributed by atoms with Crippen LogP contribution >= 0.6 is 0 Å². The normalized spacial score (nSPS) is 22.4. The predicted molar refractivity (Wildman–Crippen MR) is 184 cm³/mol. The molecule has 1 aliphatic heterocycles. The zero-order chi connectivity index (χ0) is 36.1. The Bertz CT molecular complexity index is 1660. The molecule has 4 amide bonds. The maximum Gasteiger partial charge on any atom is 0.408 e. The molecule has 13 nitrogen and oxygen atoms in total. The predicted octanol–water partition coefficient (Wildman–Crippen LogP) is 3.58. The van der Waals surface area contributed by atoms with Crippen molar-refractivity contribution in [3.8, 4) is 5.75 Å². The minimum Gasteiger partial charge on any atom is -0.488 e. The van der Waals surface area contributed by atoms with Gasteiger partial charge in [0.25, 0.3) is 15.9 Å². The molecule has 0 aromatic heterocycles. The molecule has 49 heavy (non-hydrogen) atoms. The maximum atomic E-state index is 14.0. The van der Waals surface area contributed by atoms with E-state index in [4.69, 9.17) is 9.47 Å². The molecule has 0 radical (unpaired) electrons. The molecule has 5 atom stereocenters. The van der Waals surface area contributed by atoms with Crippen molar-refractivity contribution >= 4 is 39.5 Å². The highest BCUT2D eigenvalue weighted by atomic mass is 32.2. The maximum absolute atomic E-state index is 14.0. The molecule has 266 valence electrons.